The Morgan fingerprint density at radius 3 is 2.76 bits per heavy atom. The molecule has 2 amide bonds. The molecule has 1 aromatic heterocycles. The average molecular weight is 554 g/mol. The molecule has 6 rings (SSSR count). The summed E-state index contributed by atoms with van der Waals surface area (Å²) in [5, 5.41) is 15.6. The van der Waals surface area contributed by atoms with Crippen molar-refractivity contribution in [2.24, 2.45) is 5.41 Å². The van der Waals surface area contributed by atoms with Crippen molar-refractivity contribution in [1.29, 1.82) is 5.26 Å². The Balaban J connectivity index is 0.994. The number of carbonyl (C=O) groups is 2. The van der Waals surface area contributed by atoms with Crippen LogP contribution in [0.1, 0.15) is 31.2 Å². The lowest BCUT2D eigenvalue weighted by atomic mass is 9.71. The molecule has 1 aliphatic carbocycles. The van der Waals surface area contributed by atoms with Crippen molar-refractivity contribution in [3.63, 3.8) is 0 Å². The summed E-state index contributed by atoms with van der Waals surface area (Å²) >= 11 is 0. The second-order valence-electron chi connectivity index (χ2n) is 10.7. The van der Waals surface area contributed by atoms with Gasteiger partial charge in [-0.25, -0.2) is 9.78 Å². The minimum atomic E-state index is -0.458. The number of nitriles is 1. The first kappa shape index (κ1) is 26.6. The number of nitrogens with one attached hydrogen (secondary N) is 2. The van der Waals surface area contributed by atoms with Gasteiger partial charge in [0.2, 0.25) is 0 Å². The van der Waals surface area contributed by atoms with Crippen LogP contribution in [0.15, 0.2) is 60.7 Å². The van der Waals surface area contributed by atoms with Crippen LogP contribution >= 0.6 is 0 Å². The van der Waals surface area contributed by atoms with Crippen LogP contribution in [0.3, 0.4) is 0 Å². The molecule has 3 aliphatic rings. The van der Waals surface area contributed by atoms with Crippen LogP contribution in [0.5, 0.6) is 11.5 Å². The van der Waals surface area contributed by atoms with Gasteiger partial charge in [-0.1, -0.05) is 36.8 Å². The van der Waals surface area contributed by atoms with Crippen LogP contribution in [0.4, 0.5) is 16.4 Å². The molecule has 3 heterocycles. The normalized spacial score (nSPS) is 18.8. The van der Waals surface area contributed by atoms with Gasteiger partial charge in [-0.05, 0) is 72.8 Å². The molecule has 2 fully saturated rings. The second kappa shape index (κ2) is 11.5. The molecule has 210 valence electrons. The summed E-state index contributed by atoms with van der Waals surface area (Å²) in [6.45, 7) is 2.10. The minimum absolute atomic E-state index is 0.0496. The van der Waals surface area contributed by atoms with Crippen LogP contribution in [0, 0.1) is 16.7 Å². The van der Waals surface area contributed by atoms with Gasteiger partial charge in [-0.15, -0.1) is 0 Å². The highest BCUT2D eigenvalue weighted by Gasteiger charge is 2.38. The zero-order chi connectivity index (χ0) is 28.2. The third kappa shape index (κ3) is 5.95. The standard InChI is InChI=1S/C31H31N5O5/c32-19-31(11-3-12-31)20-40-24-7-2-6-23(15-24)22-5-1-4-21(14-22)16-33-13-10-25-17-36(30(38)41-25)27-9-8-26-29(34-27)35-28(37)18-39-26/h1-2,4-9,14-15,25,33H,3,10-13,16-18,20H2,(H,34,35,37). The van der Waals surface area contributed by atoms with Gasteiger partial charge in [0, 0.05) is 6.54 Å². The number of hydrogen-bond acceptors (Lipinski definition) is 8. The van der Waals surface area contributed by atoms with E-state index >= 15 is 0 Å². The molecular weight excluding hydrogens is 522 g/mol. The second-order valence-corrected chi connectivity index (χ2v) is 10.7. The molecule has 3 aromatic rings. The molecule has 2 N–H and O–H groups in total. The number of hydrogen-bond donors (Lipinski definition) is 2. The first-order chi connectivity index (χ1) is 20.0. The van der Waals surface area contributed by atoms with Crippen molar-refractivity contribution >= 4 is 23.6 Å². The number of aromatic nitrogens is 1. The fraction of sp³-hybridized carbons (Fsp3) is 0.355. The van der Waals surface area contributed by atoms with E-state index < -0.39 is 6.09 Å². The zero-order valence-corrected chi connectivity index (χ0v) is 22.6. The number of anilines is 2. The van der Waals surface area contributed by atoms with E-state index in [9.17, 15) is 14.9 Å². The van der Waals surface area contributed by atoms with Crippen molar-refractivity contribution in [2.45, 2.75) is 38.3 Å². The minimum Gasteiger partial charge on any atom is -0.492 e. The van der Waals surface area contributed by atoms with Crippen molar-refractivity contribution < 1.29 is 23.8 Å². The van der Waals surface area contributed by atoms with E-state index in [0.717, 1.165) is 41.7 Å². The van der Waals surface area contributed by atoms with E-state index in [0.29, 0.717) is 50.0 Å². The predicted octanol–water partition coefficient (Wildman–Crippen LogP) is 4.66. The Kier molecular flexibility index (Phi) is 7.44. The highest BCUT2D eigenvalue weighted by molar-refractivity contribution is 5.95. The van der Waals surface area contributed by atoms with Crippen LogP contribution in [0.25, 0.3) is 11.1 Å². The summed E-state index contributed by atoms with van der Waals surface area (Å²) in [5.74, 6) is 1.69. The first-order valence-electron chi connectivity index (χ1n) is 13.9. The van der Waals surface area contributed by atoms with Gasteiger partial charge in [0.25, 0.3) is 5.91 Å². The summed E-state index contributed by atoms with van der Waals surface area (Å²) in [4.78, 5) is 29.9. The highest BCUT2D eigenvalue weighted by Crippen LogP contribution is 2.40. The van der Waals surface area contributed by atoms with Gasteiger partial charge in [0.1, 0.15) is 24.3 Å². The molecular formula is C31H31N5O5. The number of ether oxygens (including phenoxy) is 3. The topological polar surface area (TPSA) is 126 Å². The molecule has 2 aliphatic heterocycles. The number of rotatable bonds is 10. The van der Waals surface area contributed by atoms with Crippen LogP contribution in [0.2, 0.25) is 0 Å². The summed E-state index contributed by atoms with van der Waals surface area (Å²) in [6.07, 6.45) is 2.82. The Morgan fingerprint density at radius 2 is 1.95 bits per heavy atom. The van der Waals surface area contributed by atoms with Gasteiger partial charge >= 0.3 is 6.09 Å². The third-order valence-corrected chi connectivity index (χ3v) is 7.74. The summed E-state index contributed by atoms with van der Waals surface area (Å²) in [7, 11) is 0. The Morgan fingerprint density at radius 1 is 1.12 bits per heavy atom. The van der Waals surface area contributed by atoms with Gasteiger partial charge in [-0.3, -0.25) is 9.69 Å². The maximum absolute atomic E-state index is 12.5. The van der Waals surface area contributed by atoms with E-state index in [2.05, 4.69) is 46.0 Å². The van der Waals surface area contributed by atoms with Crippen LogP contribution in [-0.4, -0.2) is 49.4 Å². The lowest BCUT2D eigenvalue weighted by Gasteiger charge is -2.34. The number of amides is 2. The first-order valence-corrected chi connectivity index (χ1v) is 13.9. The number of carbonyl (C=O) groups excluding carboxylic acids is 2. The van der Waals surface area contributed by atoms with Crippen molar-refractivity contribution in [2.75, 3.05) is 36.5 Å². The Bertz CT molecular complexity index is 1500. The molecule has 10 nitrogen and oxygen atoms in total. The molecule has 0 spiro atoms. The van der Waals surface area contributed by atoms with E-state index in [1.807, 2.05) is 24.3 Å². The monoisotopic (exact) mass is 553 g/mol. The van der Waals surface area contributed by atoms with Gasteiger partial charge in [0.15, 0.2) is 18.2 Å². The molecule has 1 saturated carbocycles. The van der Waals surface area contributed by atoms with Crippen molar-refractivity contribution in [1.82, 2.24) is 10.3 Å². The molecule has 1 saturated heterocycles. The Hall–Kier alpha value is -4.62. The fourth-order valence-corrected chi connectivity index (χ4v) is 5.20. The SMILES string of the molecule is N#CC1(COc2cccc(-c3cccc(CNCCC4CN(c5ccc6c(n5)NC(=O)CO6)C(=O)O4)c3)c2)CCC1. The highest BCUT2D eigenvalue weighted by atomic mass is 16.6. The Labute approximate surface area is 238 Å². The number of pyridine rings is 1. The van der Waals surface area contributed by atoms with E-state index in [1.54, 1.807) is 12.1 Å². The largest absolute Gasteiger partial charge is 0.492 e. The van der Waals surface area contributed by atoms with Gasteiger partial charge < -0.3 is 24.8 Å². The number of nitrogens with zero attached hydrogens (tertiary/aromatic N) is 3. The van der Waals surface area contributed by atoms with E-state index in [4.69, 9.17) is 14.2 Å². The molecule has 0 bridgehead atoms. The molecule has 10 heteroatoms. The van der Waals surface area contributed by atoms with Crippen LogP contribution in [-0.2, 0) is 16.1 Å². The molecule has 41 heavy (non-hydrogen) atoms. The predicted molar refractivity (Wildman–Crippen MR) is 152 cm³/mol. The number of benzene rings is 2. The van der Waals surface area contributed by atoms with Crippen molar-refractivity contribution in [3.05, 3.63) is 66.2 Å². The third-order valence-electron chi connectivity index (χ3n) is 7.74. The molecule has 0 radical (unpaired) electrons. The van der Waals surface area contributed by atoms with E-state index in [1.165, 1.54) is 4.90 Å². The molecule has 1 unspecified atom stereocenters. The molecule has 2 aromatic carbocycles. The smallest absolute Gasteiger partial charge is 0.415 e. The van der Waals surface area contributed by atoms with Crippen LogP contribution < -0.4 is 25.0 Å². The summed E-state index contributed by atoms with van der Waals surface area (Å²) < 4.78 is 16.9. The quantitative estimate of drug-likeness (QED) is 0.347. The number of cyclic esters (lactones) is 1. The summed E-state index contributed by atoms with van der Waals surface area (Å²) in [5.41, 5.74) is 2.96. The van der Waals surface area contributed by atoms with E-state index in [-0.39, 0.29) is 24.0 Å². The average Bonchev–Trinajstić information content (AvgIpc) is 3.35. The lowest BCUT2D eigenvalue weighted by Crippen LogP contribution is -2.34. The lowest BCUT2D eigenvalue weighted by molar-refractivity contribution is -0.118. The zero-order valence-electron chi connectivity index (χ0n) is 22.6. The van der Waals surface area contributed by atoms with Gasteiger partial charge in [-0.2, -0.15) is 5.26 Å². The van der Waals surface area contributed by atoms with Crippen molar-refractivity contribution in [3.8, 4) is 28.7 Å². The molecule has 1 atom stereocenters. The summed E-state index contributed by atoms with van der Waals surface area (Å²) in [6, 6.07) is 22.1. The van der Waals surface area contributed by atoms with Gasteiger partial charge in [0.05, 0.1) is 18.0 Å². The number of fused-ring (bicyclic) bond motifs is 1. The maximum Gasteiger partial charge on any atom is 0.415 e. The maximum atomic E-state index is 12.5. The fourth-order valence-electron chi connectivity index (χ4n) is 5.20.